The topological polar surface area (TPSA) is 64.1 Å². The Morgan fingerprint density at radius 1 is 1.11 bits per heavy atom. The minimum Gasteiger partial charge on any atom is -0.385 e. The van der Waals surface area contributed by atoms with Crippen molar-refractivity contribution in [3.63, 3.8) is 0 Å². The van der Waals surface area contributed by atoms with Crippen LogP contribution in [0.25, 0.3) is 31.9 Å². The van der Waals surface area contributed by atoms with E-state index in [1.807, 2.05) is 24.5 Å². The molecule has 1 aromatic carbocycles. The number of aromatic nitrogens is 2. The fourth-order valence-electron chi connectivity index (χ4n) is 4.79. The maximum Gasteiger partial charge on any atom is 0.138 e. The smallest absolute Gasteiger partial charge is 0.138 e. The Morgan fingerprint density at radius 2 is 1.97 bits per heavy atom. The minimum absolute atomic E-state index is 0.313. The highest BCUT2D eigenvalue weighted by Crippen LogP contribution is 2.44. The Kier molecular flexibility index (Phi) is 7.68. The van der Waals surface area contributed by atoms with Crippen LogP contribution in [0.4, 0.5) is 0 Å². The predicted molar refractivity (Wildman–Crippen MR) is 145 cm³/mol. The van der Waals surface area contributed by atoms with Gasteiger partial charge in [0.2, 0.25) is 0 Å². The molecule has 0 spiro atoms. The number of hydrogen-bond donors (Lipinski definition) is 1. The van der Waals surface area contributed by atoms with E-state index in [4.69, 9.17) is 9.72 Å². The lowest BCUT2D eigenvalue weighted by atomic mass is 9.97. The molecule has 0 amide bonds. The summed E-state index contributed by atoms with van der Waals surface area (Å²) in [6.45, 7) is 3.95. The van der Waals surface area contributed by atoms with E-state index in [0.717, 1.165) is 60.5 Å². The van der Waals surface area contributed by atoms with Gasteiger partial charge in [-0.2, -0.15) is 0 Å². The zero-order chi connectivity index (χ0) is 24.2. The van der Waals surface area contributed by atoms with Gasteiger partial charge < -0.3 is 10.1 Å². The summed E-state index contributed by atoms with van der Waals surface area (Å²) in [4.78, 5) is 24.7. The number of thiazole rings is 1. The zero-order valence-electron chi connectivity index (χ0n) is 20.3. The van der Waals surface area contributed by atoms with Gasteiger partial charge in [-0.3, -0.25) is 9.78 Å². The van der Waals surface area contributed by atoms with Crippen LogP contribution in [-0.4, -0.2) is 36.0 Å². The highest BCUT2D eigenvalue weighted by atomic mass is 32.1. The van der Waals surface area contributed by atoms with Crippen LogP contribution in [0.1, 0.15) is 54.0 Å². The van der Waals surface area contributed by atoms with Gasteiger partial charge in [0.25, 0.3) is 0 Å². The average Bonchev–Trinajstić information content (AvgIpc) is 3.45. The van der Waals surface area contributed by atoms with E-state index in [-0.39, 0.29) is 0 Å². The first kappa shape index (κ1) is 24.3. The molecular weight excluding hydrogens is 474 g/mol. The number of hydrogen-bond acceptors (Lipinski definition) is 7. The number of ketones is 1. The van der Waals surface area contributed by atoms with Crippen LogP contribution < -0.4 is 5.32 Å². The maximum atomic E-state index is 12.9. The molecule has 1 N–H and O–H groups in total. The number of carbonyl (C=O) groups is 1. The molecule has 7 heteroatoms. The van der Waals surface area contributed by atoms with Crippen LogP contribution in [-0.2, 0) is 22.4 Å². The second-order valence-electron chi connectivity index (χ2n) is 9.13. The SMILES string of the molecule is COCCCCCC(=O)Cc1sc2c(c1-c1nc3cc(-c4ccncc4)ccc3s1)CCNC2C. The third-order valence-electron chi connectivity index (χ3n) is 6.61. The van der Waals surface area contributed by atoms with Gasteiger partial charge in [-0.25, -0.2) is 4.98 Å². The van der Waals surface area contributed by atoms with Crippen molar-refractivity contribution in [1.82, 2.24) is 15.3 Å². The van der Waals surface area contributed by atoms with E-state index in [0.29, 0.717) is 24.7 Å². The van der Waals surface area contributed by atoms with Crippen LogP contribution in [0.2, 0.25) is 0 Å². The zero-order valence-corrected chi connectivity index (χ0v) is 21.9. The second kappa shape index (κ2) is 11.1. The van der Waals surface area contributed by atoms with Gasteiger partial charge in [0.1, 0.15) is 10.8 Å². The van der Waals surface area contributed by atoms with Crippen LogP contribution in [0, 0.1) is 0 Å². The molecule has 0 aliphatic carbocycles. The molecule has 0 fully saturated rings. The third kappa shape index (κ3) is 5.38. The molecule has 1 unspecified atom stereocenters. The van der Waals surface area contributed by atoms with Crippen molar-refractivity contribution >= 4 is 38.7 Å². The van der Waals surface area contributed by atoms with E-state index in [9.17, 15) is 4.79 Å². The molecule has 0 bridgehead atoms. The molecule has 0 radical (unpaired) electrons. The van der Waals surface area contributed by atoms with Crippen molar-refractivity contribution < 1.29 is 9.53 Å². The summed E-state index contributed by atoms with van der Waals surface area (Å²) >= 11 is 3.55. The fourth-order valence-corrected chi connectivity index (χ4v) is 7.30. The van der Waals surface area contributed by atoms with E-state index in [1.165, 1.54) is 25.6 Å². The monoisotopic (exact) mass is 505 g/mol. The summed E-state index contributed by atoms with van der Waals surface area (Å²) in [5.74, 6) is 0.323. The lowest BCUT2D eigenvalue weighted by Crippen LogP contribution is -2.26. The Hall–Kier alpha value is -2.45. The van der Waals surface area contributed by atoms with Crippen LogP contribution in [0.3, 0.4) is 0 Å². The number of pyridine rings is 1. The third-order valence-corrected chi connectivity index (χ3v) is 9.08. The Balaban J connectivity index is 1.45. The van der Waals surface area contributed by atoms with E-state index in [2.05, 4.69) is 35.4 Å². The first-order chi connectivity index (χ1) is 17.1. The molecule has 182 valence electrons. The van der Waals surface area contributed by atoms with Gasteiger partial charge >= 0.3 is 0 Å². The summed E-state index contributed by atoms with van der Waals surface area (Å²) < 4.78 is 6.30. The molecule has 1 atom stereocenters. The van der Waals surface area contributed by atoms with Crippen molar-refractivity contribution in [1.29, 1.82) is 0 Å². The van der Waals surface area contributed by atoms with Gasteiger partial charge in [0.05, 0.1) is 10.2 Å². The largest absolute Gasteiger partial charge is 0.385 e. The average molecular weight is 506 g/mol. The fraction of sp³-hybridized carbons (Fsp3) is 0.393. The Labute approximate surface area is 214 Å². The molecule has 5 nitrogen and oxygen atoms in total. The number of ether oxygens (including phenoxy) is 1. The standard InChI is InChI=1S/C28H31N3O2S2/c1-18-27-22(11-14-30-18)26(25(34-27)17-21(32)6-4-3-5-15-33-2)28-31-23-16-20(7-8-24(23)35-28)19-9-12-29-13-10-19/h7-10,12-13,16,18,30H,3-6,11,14-15,17H2,1-2H3. The summed E-state index contributed by atoms with van der Waals surface area (Å²) in [5, 5.41) is 4.62. The second-order valence-corrected chi connectivity index (χ2v) is 11.3. The van der Waals surface area contributed by atoms with Crippen LogP contribution in [0.5, 0.6) is 0 Å². The van der Waals surface area contributed by atoms with Crippen LogP contribution >= 0.6 is 22.7 Å². The number of benzene rings is 1. The molecule has 1 aliphatic rings. The molecule has 35 heavy (non-hydrogen) atoms. The van der Waals surface area contributed by atoms with Gasteiger partial charge in [0.15, 0.2) is 0 Å². The predicted octanol–water partition coefficient (Wildman–Crippen LogP) is 6.61. The lowest BCUT2D eigenvalue weighted by molar-refractivity contribution is -0.118. The highest BCUT2D eigenvalue weighted by Gasteiger charge is 2.28. The summed E-state index contributed by atoms with van der Waals surface area (Å²) in [5.41, 5.74) is 5.90. The lowest BCUT2D eigenvalue weighted by Gasteiger charge is -2.20. The quantitative estimate of drug-likeness (QED) is 0.246. The number of rotatable bonds is 10. The molecule has 1 aliphatic heterocycles. The Morgan fingerprint density at radius 3 is 2.80 bits per heavy atom. The first-order valence-corrected chi connectivity index (χ1v) is 14.0. The van der Waals surface area contributed by atoms with Gasteiger partial charge in [-0.05, 0) is 73.7 Å². The van der Waals surface area contributed by atoms with Gasteiger partial charge in [-0.15, -0.1) is 22.7 Å². The summed E-state index contributed by atoms with van der Waals surface area (Å²) in [6.07, 6.45) is 8.73. The molecule has 0 saturated heterocycles. The number of methoxy groups -OCH3 is 1. The number of Topliss-reactive ketones (excluding diaryl/α,β-unsaturated/α-hetero) is 1. The number of fused-ring (bicyclic) bond motifs is 2. The molecule has 0 saturated carbocycles. The molecule has 5 rings (SSSR count). The van der Waals surface area contributed by atoms with E-state index in [1.54, 1.807) is 29.8 Å². The number of nitrogens with zero attached hydrogens (tertiary/aromatic N) is 2. The number of carbonyl (C=O) groups excluding carboxylic acids is 1. The number of nitrogens with one attached hydrogen (secondary N) is 1. The number of unbranched alkanes of at least 4 members (excludes halogenated alkanes) is 2. The Bertz CT molecular complexity index is 1310. The van der Waals surface area contributed by atoms with Crippen molar-refractivity contribution in [3.05, 3.63) is 58.0 Å². The van der Waals surface area contributed by atoms with Crippen molar-refractivity contribution in [2.45, 2.75) is 51.5 Å². The van der Waals surface area contributed by atoms with E-state index < -0.39 is 0 Å². The molecular formula is C28H31N3O2S2. The normalized spacial score (nSPS) is 15.4. The number of thiophene rings is 1. The minimum atomic E-state index is 0.313. The van der Waals surface area contributed by atoms with Crippen molar-refractivity contribution in [3.8, 4) is 21.7 Å². The van der Waals surface area contributed by atoms with E-state index >= 15 is 0 Å². The van der Waals surface area contributed by atoms with Crippen molar-refractivity contribution in [2.75, 3.05) is 20.3 Å². The van der Waals surface area contributed by atoms with Crippen LogP contribution in [0.15, 0.2) is 42.7 Å². The summed E-state index contributed by atoms with van der Waals surface area (Å²) in [6, 6.07) is 10.9. The summed E-state index contributed by atoms with van der Waals surface area (Å²) in [7, 11) is 1.73. The highest BCUT2D eigenvalue weighted by molar-refractivity contribution is 7.22. The maximum absolute atomic E-state index is 12.9. The molecule has 4 heterocycles. The van der Waals surface area contributed by atoms with Gasteiger partial charge in [0, 0.05) is 60.3 Å². The van der Waals surface area contributed by atoms with Crippen molar-refractivity contribution in [2.24, 2.45) is 0 Å². The molecule has 4 aromatic rings. The molecule has 3 aromatic heterocycles. The first-order valence-electron chi connectivity index (χ1n) is 12.3. The van der Waals surface area contributed by atoms with Gasteiger partial charge in [-0.1, -0.05) is 12.5 Å².